The second kappa shape index (κ2) is 6.44. The number of carbonyl (C=O) groups excluding carboxylic acids is 1. The van der Waals surface area contributed by atoms with E-state index in [1.807, 2.05) is 4.72 Å². The lowest BCUT2D eigenvalue weighted by atomic mass is 10.2. The number of ether oxygens (including phenoxy) is 1. The first-order chi connectivity index (χ1) is 7.32. The number of nitrogens with one attached hydrogen (secondary N) is 1. The highest BCUT2D eigenvalue weighted by atomic mass is 32.2. The van der Waals surface area contributed by atoms with Gasteiger partial charge in [0.15, 0.2) is 0 Å². The van der Waals surface area contributed by atoms with Gasteiger partial charge in [-0.2, -0.15) is 0 Å². The maximum Gasteiger partial charge on any atom is 0.321 e. The fraction of sp³-hybridized carbons (Fsp3) is 0.750. The number of carboxylic acids is 1. The lowest BCUT2D eigenvalue weighted by Crippen LogP contribution is -2.41. The first-order valence-corrected chi connectivity index (χ1v) is 6.27. The van der Waals surface area contributed by atoms with E-state index in [0.717, 1.165) is 7.11 Å². The first-order valence-electron chi connectivity index (χ1n) is 4.62. The van der Waals surface area contributed by atoms with Gasteiger partial charge in [0.2, 0.25) is 10.0 Å². The van der Waals surface area contributed by atoms with Gasteiger partial charge in [-0.15, -0.1) is 0 Å². The number of carboxylic acid groups (broad SMARTS) is 1. The summed E-state index contributed by atoms with van der Waals surface area (Å²) in [6, 6.07) is -1.16. The molecule has 0 aliphatic carbocycles. The second-order valence-corrected chi connectivity index (χ2v) is 4.94. The summed E-state index contributed by atoms with van der Waals surface area (Å²) in [5.41, 5.74) is 0. The van der Waals surface area contributed by atoms with Crippen molar-refractivity contribution in [3.63, 3.8) is 0 Å². The van der Waals surface area contributed by atoms with Crippen LogP contribution in [0.4, 0.5) is 0 Å². The predicted molar refractivity (Wildman–Crippen MR) is 55.3 cm³/mol. The molecule has 7 nitrogen and oxygen atoms in total. The highest BCUT2D eigenvalue weighted by Gasteiger charge is 2.22. The van der Waals surface area contributed by atoms with E-state index in [0.29, 0.717) is 0 Å². The fourth-order valence-electron chi connectivity index (χ4n) is 0.904. The molecule has 0 aliphatic rings. The number of sulfonamides is 1. The van der Waals surface area contributed by atoms with Gasteiger partial charge < -0.3 is 9.84 Å². The minimum absolute atomic E-state index is 0.132. The summed E-state index contributed by atoms with van der Waals surface area (Å²) in [4.78, 5) is 21.3. The molecular formula is C8H15NO6S. The molecule has 1 atom stereocenters. The number of rotatable bonds is 7. The SMILES string of the molecule is CCC(NS(=O)(=O)CCC(=O)OC)C(=O)O. The Balaban J connectivity index is 4.34. The Morgan fingerprint density at radius 3 is 2.38 bits per heavy atom. The number of carbonyl (C=O) groups is 2. The van der Waals surface area contributed by atoms with Gasteiger partial charge in [0.05, 0.1) is 19.3 Å². The largest absolute Gasteiger partial charge is 0.480 e. The summed E-state index contributed by atoms with van der Waals surface area (Å²) in [5.74, 6) is -2.39. The van der Waals surface area contributed by atoms with Gasteiger partial charge in [-0.25, -0.2) is 13.1 Å². The number of hydrogen-bond acceptors (Lipinski definition) is 5. The smallest absolute Gasteiger partial charge is 0.321 e. The van der Waals surface area contributed by atoms with Crippen LogP contribution in [0.5, 0.6) is 0 Å². The molecule has 0 saturated heterocycles. The molecule has 0 aromatic carbocycles. The molecule has 2 N–H and O–H groups in total. The van der Waals surface area contributed by atoms with E-state index in [2.05, 4.69) is 4.74 Å². The van der Waals surface area contributed by atoms with Crippen molar-refractivity contribution in [3.05, 3.63) is 0 Å². The summed E-state index contributed by atoms with van der Waals surface area (Å²) in [5, 5.41) is 8.64. The average Bonchev–Trinajstić information content (AvgIpc) is 2.22. The van der Waals surface area contributed by atoms with E-state index < -0.39 is 33.8 Å². The molecule has 16 heavy (non-hydrogen) atoms. The summed E-state index contributed by atoms with van der Waals surface area (Å²) in [6.45, 7) is 1.54. The van der Waals surface area contributed by atoms with Gasteiger partial charge >= 0.3 is 11.9 Å². The van der Waals surface area contributed by atoms with Gasteiger partial charge in [-0.3, -0.25) is 9.59 Å². The quantitative estimate of drug-likeness (QED) is 0.582. The highest BCUT2D eigenvalue weighted by Crippen LogP contribution is 1.98. The van der Waals surface area contributed by atoms with Crippen molar-refractivity contribution in [2.75, 3.05) is 12.9 Å². The minimum Gasteiger partial charge on any atom is -0.480 e. The second-order valence-electron chi connectivity index (χ2n) is 3.06. The van der Waals surface area contributed by atoms with Crippen LogP contribution >= 0.6 is 0 Å². The number of methoxy groups -OCH3 is 1. The summed E-state index contributed by atoms with van der Waals surface area (Å²) in [7, 11) is -2.63. The van der Waals surface area contributed by atoms with Crippen LogP contribution in [0, 0.1) is 0 Å². The van der Waals surface area contributed by atoms with Crippen molar-refractivity contribution in [1.29, 1.82) is 0 Å². The molecule has 0 rings (SSSR count). The molecule has 1 unspecified atom stereocenters. The molecule has 0 aromatic heterocycles. The van der Waals surface area contributed by atoms with E-state index in [4.69, 9.17) is 5.11 Å². The number of aliphatic carboxylic acids is 1. The highest BCUT2D eigenvalue weighted by molar-refractivity contribution is 7.89. The van der Waals surface area contributed by atoms with Crippen molar-refractivity contribution in [3.8, 4) is 0 Å². The molecule has 0 amide bonds. The molecule has 0 aromatic rings. The van der Waals surface area contributed by atoms with Crippen LogP contribution in [0.15, 0.2) is 0 Å². The van der Waals surface area contributed by atoms with Gasteiger partial charge in [0.25, 0.3) is 0 Å². The van der Waals surface area contributed by atoms with Gasteiger partial charge in [0.1, 0.15) is 6.04 Å². The van der Waals surface area contributed by atoms with E-state index >= 15 is 0 Å². The lowest BCUT2D eigenvalue weighted by Gasteiger charge is -2.12. The summed E-state index contributed by atoms with van der Waals surface area (Å²) in [6.07, 6.45) is -0.172. The van der Waals surface area contributed by atoms with Crippen molar-refractivity contribution in [1.82, 2.24) is 4.72 Å². The van der Waals surface area contributed by atoms with E-state index in [1.54, 1.807) is 6.92 Å². The van der Waals surface area contributed by atoms with Crippen LogP contribution in [-0.4, -0.2) is 44.4 Å². The maximum absolute atomic E-state index is 11.3. The van der Waals surface area contributed by atoms with E-state index in [9.17, 15) is 18.0 Å². The Labute approximate surface area is 93.8 Å². The zero-order valence-corrected chi connectivity index (χ0v) is 9.91. The van der Waals surface area contributed by atoms with Crippen molar-refractivity contribution < 1.29 is 27.9 Å². The van der Waals surface area contributed by atoms with Crippen molar-refractivity contribution >= 4 is 22.0 Å². The lowest BCUT2D eigenvalue weighted by molar-refractivity contribution is -0.140. The third-order valence-electron chi connectivity index (χ3n) is 1.83. The van der Waals surface area contributed by atoms with Gasteiger partial charge in [0, 0.05) is 0 Å². The molecule has 0 fully saturated rings. The molecule has 0 aliphatic heterocycles. The Morgan fingerprint density at radius 1 is 1.44 bits per heavy atom. The predicted octanol–water partition coefficient (Wildman–Crippen LogP) is -0.668. The molecule has 0 saturated carbocycles. The van der Waals surface area contributed by atoms with Crippen LogP contribution in [0.25, 0.3) is 0 Å². The summed E-state index contributed by atoms with van der Waals surface area (Å²) < 4.78 is 28.9. The molecule has 0 bridgehead atoms. The molecule has 0 spiro atoms. The summed E-state index contributed by atoms with van der Waals surface area (Å²) >= 11 is 0. The van der Waals surface area contributed by atoms with Gasteiger partial charge in [-0.05, 0) is 6.42 Å². The van der Waals surface area contributed by atoms with Crippen LogP contribution in [0.3, 0.4) is 0 Å². The number of hydrogen-bond donors (Lipinski definition) is 2. The fourth-order valence-corrected chi connectivity index (χ4v) is 2.16. The van der Waals surface area contributed by atoms with Crippen LogP contribution in [0.2, 0.25) is 0 Å². The standard InChI is InChI=1S/C8H15NO6S/c1-3-6(8(11)12)9-16(13,14)5-4-7(10)15-2/h6,9H,3-5H2,1-2H3,(H,11,12). The average molecular weight is 253 g/mol. The molecule has 8 heteroatoms. The van der Waals surface area contributed by atoms with Crippen molar-refractivity contribution in [2.24, 2.45) is 0 Å². The molecule has 94 valence electrons. The van der Waals surface area contributed by atoms with Gasteiger partial charge in [-0.1, -0.05) is 6.92 Å². The minimum atomic E-state index is -3.77. The van der Waals surface area contributed by atoms with E-state index in [-0.39, 0.29) is 12.8 Å². The van der Waals surface area contributed by atoms with E-state index in [1.165, 1.54) is 0 Å². The number of esters is 1. The van der Waals surface area contributed by atoms with Crippen LogP contribution < -0.4 is 4.72 Å². The third-order valence-corrected chi connectivity index (χ3v) is 3.22. The third kappa shape index (κ3) is 5.66. The molecule has 0 radical (unpaired) electrons. The Morgan fingerprint density at radius 2 is 2.00 bits per heavy atom. The Kier molecular flexibility index (Phi) is 5.97. The molecular weight excluding hydrogens is 238 g/mol. The zero-order chi connectivity index (χ0) is 12.8. The molecule has 0 heterocycles. The first kappa shape index (κ1) is 14.8. The Hall–Kier alpha value is -1.15. The van der Waals surface area contributed by atoms with Crippen LogP contribution in [0.1, 0.15) is 19.8 Å². The maximum atomic E-state index is 11.3. The Bertz CT molecular complexity index is 350. The van der Waals surface area contributed by atoms with Crippen molar-refractivity contribution in [2.45, 2.75) is 25.8 Å². The topological polar surface area (TPSA) is 110 Å². The normalized spacial score (nSPS) is 13.1. The van der Waals surface area contributed by atoms with Crippen LogP contribution in [-0.2, 0) is 24.3 Å². The zero-order valence-electron chi connectivity index (χ0n) is 9.10. The monoisotopic (exact) mass is 253 g/mol.